The van der Waals surface area contributed by atoms with Gasteiger partial charge in [-0.1, -0.05) is 49.3 Å². The van der Waals surface area contributed by atoms with Gasteiger partial charge in [0.25, 0.3) is 0 Å². The van der Waals surface area contributed by atoms with E-state index in [1.54, 1.807) is 12.1 Å². The highest BCUT2D eigenvalue weighted by atomic mass is 16.5. The molecule has 0 aliphatic carbocycles. The van der Waals surface area contributed by atoms with Gasteiger partial charge in [-0.15, -0.1) is 0 Å². The van der Waals surface area contributed by atoms with Gasteiger partial charge >= 0.3 is 0 Å². The molecule has 4 heteroatoms. The molecule has 1 heterocycles. The molecule has 0 fully saturated rings. The second-order valence-corrected chi connectivity index (χ2v) is 4.02. The molecule has 0 radical (unpaired) electrons. The summed E-state index contributed by atoms with van der Waals surface area (Å²) in [4.78, 5) is 10.6. The maximum absolute atomic E-state index is 10.6. The molecule has 0 atom stereocenters. The van der Waals surface area contributed by atoms with Crippen LogP contribution >= 0.6 is 0 Å². The number of carbonyl (C=O) groups excluding carboxylic acids is 1. The summed E-state index contributed by atoms with van der Waals surface area (Å²) < 4.78 is 5.12. The molecule has 0 aliphatic rings. The van der Waals surface area contributed by atoms with Crippen molar-refractivity contribution in [3.8, 4) is 11.1 Å². The summed E-state index contributed by atoms with van der Waals surface area (Å²) in [6, 6.07) is 13.1. The van der Waals surface area contributed by atoms with E-state index in [-0.39, 0.29) is 0 Å². The minimum Gasteiger partial charge on any atom is -0.380 e. The van der Waals surface area contributed by atoms with Crippen molar-refractivity contribution in [1.82, 2.24) is 5.16 Å². The van der Waals surface area contributed by atoms with E-state index in [9.17, 15) is 4.79 Å². The van der Waals surface area contributed by atoms with Crippen LogP contribution in [0.2, 0.25) is 0 Å². The first-order valence-corrected chi connectivity index (χ1v) is 6.48. The molecule has 0 unspecified atom stereocenters. The van der Waals surface area contributed by atoms with E-state index in [2.05, 4.69) is 5.16 Å². The van der Waals surface area contributed by atoms with Crippen LogP contribution in [0.5, 0.6) is 0 Å². The normalized spacial score (nSPS) is 9.90. The molecular weight excluding hydrogens is 252 g/mol. The number of fused-ring (bicyclic) bond motifs is 1. The average Bonchev–Trinajstić information content (AvgIpc) is 2.90. The van der Waals surface area contributed by atoms with E-state index in [4.69, 9.17) is 10.3 Å². The van der Waals surface area contributed by atoms with Gasteiger partial charge in [0, 0.05) is 5.56 Å². The smallest absolute Gasteiger partial charge is 0.174 e. The highest BCUT2D eigenvalue weighted by molar-refractivity contribution is 5.90. The molecule has 2 aromatic carbocycles. The van der Waals surface area contributed by atoms with E-state index in [0.29, 0.717) is 17.0 Å². The van der Waals surface area contributed by atoms with Crippen molar-refractivity contribution in [1.29, 1.82) is 0 Å². The standard InChI is InChI=1S/C14H10N2O2.C2H6/c15-14-12-6-5-11(7-13(12)18-16-14)10-3-1-9(8-17)2-4-10;1-2/h1-8H,(H2,15,16);1-2H3. The maximum atomic E-state index is 10.6. The number of carbonyl (C=O) groups is 1. The lowest BCUT2D eigenvalue weighted by Crippen LogP contribution is -1.84. The van der Waals surface area contributed by atoms with Crippen molar-refractivity contribution in [2.24, 2.45) is 0 Å². The largest absolute Gasteiger partial charge is 0.380 e. The molecule has 3 rings (SSSR count). The van der Waals surface area contributed by atoms with Crippen LogP contribution in [0.4, 0.5) is 5.82 Å². The number of hydrogen-bond acceptors (Lipinski definition) is 4. The van der Waals surface area contributed by atoms with Crippen LogP contribution in [0.25, 0.3) is 22.1 Å². The zero-order chi connectivity index (χ0) is 14.5. The fourth-order valence-electron chi connectivity index (χ4n) is 1.89. The lowest BCUT2D eigenvalue weighted by Gasteiger charge is -2.01. The molecule has 102 valence electrons. The van der Waals surface area contributed by atoms with Crippen molar-refractivity contribution in [3.05, 3.63) is 48.0 Å². The Hall–Kier alpha value is -2.62. The summed E-state index contributed by atoms with van der Waals surface area (Å²) in [5, 5.41) is 4.52. The summed E-state index contributed by atoms with van der Waals surface area (Å²) in [6.45, 7) is 4.00. The van der Waals surface area contributed by atoms with Crippen LogP contribution < -0.4 is 5.73 Å². The molecule has 0 saturated heterocycles. The highest BCUT2D eigenvalue weighted by Crippen LogP contribution is 2.27. The monoisotopic (exact) mass is 268 g/mol. The van der Waals surface area contributed by atoms with Crippen molar-refractivity contribution >= 4 is 23.1 Å². The van der Waals surface area contributed by atoms with Crippen molar-refractivity contribution < 1.29 is 9.32 Å². The Morgan fingerprint density at radius 1 is 1.05 bits per heavy atom. The van der Waals surface area contributed by atoms with Crippen molar-refractivity contribution in [3.63, 3.8) is 0 Å². The Morgan fingerprint density at radius 2 is 1.70 bits per heavy atom. The predicted molar refractivity (Wildman–Crippen MR) is 80.6 cm³/mol. The molecular formula is C16H16N2O2. The third kappa shape index (κ3) is 2.54. The first-order valence-electron chi connectivity index (χ1n) is 6.48. The van der Waals surface area contributed by atoms with Crippen LogP contribution in [0.1, 0.15) is 24.2 Å². The first-order chi connectivity index (χ1) is 9.78. The molecule has 0 aliphatic heterocycles. The molecule has 4 nitrogen and oxygen atoms in total. The average molecular weight is 268 g/mol. The Morgan fingerprint density at radius 3 is 2.35 bits per heavy atom. The number of aromatic nitrogens is 1. The molecule has 2 N–H and O–H groups in total. The van der Waals surface area contributed by atoms with Gasteiger partial charge in [-0.05, 0) is 23.3 Å². The Bertz CT molecular complexity index is 715. The molecule has 3 aromatic rings. The molecule has 0 amide bonds. The van der Waals surface area contributed by atoms with E-state index in [1.807, 2.05) is 44.2 Å². The summed E-state index contributed by atoms with van der Waals surface area (Å²) in [6.07, 6.45) is 0.824. The zero-order valence-electron chi connectivity index (χ0n) is 11.5. The second-order valence-electron chi connectivity index (χ2n) is 4.02. The minimum atomic E-state index is 0.396. The van der Waals surface area contributed by atoms with Gasteiger partial charge in [0.2, 0.25) is 0 Å². The topological polar surface area (TPSA) is 69.1 Å². The molecule has 1 aromatic heterocycles. The fraction of sp³-hybridized carbons (Fsp3) is 0.125. The zero-order valence-corrected chi connectivity index (χ0v) is 11.5. The van der Waals surface area contributed by atoms with Gasteiger partial charge in [0.15, 0.2) is 11.4 Å². The third-order valence-electron chi connectivity index (χ3n) is 2.88. The first kappa shape index (κ1) is 13.8. The van der Waals surface area contributed by atoms with Gasteiger partial charge in [0.05, 0.1) is 5.39 Å². The van der Waals surface area contributed by atoms with Crippen LogP contribution in [-0.4, -0.2) is 11.4 Å². The summed E-state index contributed by atoms with van der Waals surface area (Å²) in [7, 11) is 0. The number of hydrogen-bond donors (Lipinski definition) is 1. The quantitative estimate of drug-likeness (QED) is 0.715. The van der Waals surface area contributed by atoms with Gasteiger partial charge in [-0.2, -0.15) is 0 Å². The van der Waals surface area contributed by atoms with Crippen molar-refractivity contribution in [2.45, 2.75) is 13.8 Å². The molecule has 0 bridgehead atoms. The third-order valence-corrected chi connectivity index (χ3v) is 2.88. The van der Waals surface area contributed by atoms with Gasteiger partial charge in [-0.25, -0.2) is 0 Å². The number of rotatable bonds is 2. The molecule has 0 saturated carbocycles. The van der Waals surface area contributed by atoms with Crippen LogP contribution in [0.15, 0.2) is 47.0 Å². The van der Waals surface area contributed by atoms with Gasteiger partial charge in [0.1, 0.15) is 6.29 Å². The van der Waals surface area contributed by atoms with E-state index < -0.39 is 0 Å². The van der Waals surface area contributed by atoms with Crippen LogP contribution in [-0.2, 0) is 0 Å². The summed E-state index contributed by atoms with van der Waals surface area (Å²) >= 11 is 0. The highest BCUT2D eigenvalue weighted by Gasteiger charge is 2.06. The number of nitrogens with two attached hydrogens (primary N) is 1. The molecule has 20 heavy (non-hydrogen) atoms. The summed E-state index contributed by atoms with van der Waals surface area (Å²) in [5.74, 6) is 0.396. The Labute approximate surface area is 117 Å². The summed E-state index contributed by atoms with van der Waals surface area (Å²) in [5.41, 5.74) is 8.98. The second kappa shape index (κ2) is 6.02. The number of nitrogens with zero attached hydrogens (tertiary/aromatic N) is 1. The van der Waals surface area contributed by atoms with Crippen LogP contribution in [0.3, 0.4) is 0 Å². The van der Waals surface area contributed by atoms with Crippen LogP contribution in [0, 0.1) is 0 Å². The SMILES string of the molecule is CC.Nc1noc2cc(-c3ccc(C=O)cc3)ccc12. The van der Waals surface area contributed by atoms with Gasteiger partial charge in [-0.3, -0.25) is 4.79 Å². The maximum Gasteiger partial charge on any atom is 0.174 e. The van der Waals surface area contributed by atoms with E-state index in [1.165, 1.54) is 0 Å². The Balaban J connectivity index is 0.000000704. The lowest BCUT2D eigenvalue weighted by atomic mass is 10.0. The fourth-order valence-corrected chi connectivity index (χ4v) is 1.89. The predicted octanol–water partition coefficient (Wildman–Crippen LogP) is 3.92. The number of nitrogen functional groups attached to an aromatic ring is 1. The number of benzene rings is 2. The minimum absolute atomic E-state index is 0.396. The lowest BCUT2D eigenvalue weighted by molar-refractivity contribution is 0.112. The Kier molecular flexibility index (Phi) is 4.15. The van der Waals surface area contributed by atoms with E-state index >= 15 is 0 Å². The number of aldehydes is 1. The van der Waals surface area contributed by atoms with Crippen molar-refractivity contribution in [2.75, 3.05) is 5.73 Å². The van der Waals surface area contributed by atoms with Gasteiger partial charge < -0.3 is 10.3 Å². The van der Waals surface area contributed by atoms with E-state index in [0.717, 1.165) is 22.8 Å². The molecule has 0 spiro atoms. The number of anilines is 1.